The molecule has 0 radical (unpaired) electrons. The van der Waals surface area contributed by atoms with Crippen molar-refractivity contribution in [3.05, 3.63) is 23.5 Å². The van der Waals surface area contributed by atoms with Crippen molar-refractivity contribution in [2.45, 2.75) is 13.3 Å². The maximum atomic E-state index is 13.4. The third-order valence-electron chi connectivity index (χ3n) is 3.72. The Balaban J connectivity index is 1.87. The fourth-order valence-electron chi connectivity index (χ4n) is 2.37. The van der Waals surface area contributed by atoms with Gasteiger partial charge in [-0.25, -0.2) is 0 Å². The first-order valence-electron chi connectivity index (χ1n) is 7.28. The van der Waals surface area contributed by atoms with Gasteiger partial charge in [-0.2, -0.15) is 22.5 Å². The van der Waals surface area contributed by atoms with Crippen molar-refractivity contribution in [2.75, 3.05) is 38.0 Å². The van der Waals surface area contributed by atoms with Crippen molar-refractivity contribution in [3.63, 3.8) is 0 Å². The van der Waals surface area contributed by atoms with Crippen LogP contribution in [0.1, 0.15) is 13.3 Å². The van der Waals surface area contributed by atoms with Crippen molar-refractivity contribution < 1.29 is 27.2 Å². The van der Waals surface area contributed by atoms with Crippen LogP contribution in [0.25, 0.3) is 0 Å². The molecule has 0 aliphatic carbocycles. The highest BCUT2D eigenvalue weighted by Crippen LogP contribution is 2.21. The molecular weight excluding hydrogens is 332 g/mol. The highest BCUT2D eigenvalue weighted by Gasteiger charge is 2.23. The lowest BCUT2D eigenvalue weighted by atomic mass is 10.2. The van der Waals surface area contributed by atoms with Gasteiger partial charge >= 0.3 is 0 Å². The molecule has 0 bridgehead atoms. The first kappa shape index (κ1) is 18.0. The molecule has 132 valence electrons. The van der Waals surface area contributed by atoms with Gasteiger partial charge in [0.15, 0.2) is 0 Å². The molecule has 0 spiro atoms. The normalized spacial score (nSPS) is 14.7. The number of rotatable bonds is 4. The number of pyridine rings is 1. The van der Waals surface area contributed by atoms with E-state index in [1.807, 2.05) is 0 Å². The maximum absolute atomic E-state index is 13.4. The number of carbonyl (C=O) groups is 2. The number of aromatic nitrogens is 1. The van der Waals surface area contributed by atoms with Crippen molar-refractivity contribution in [1.29, 1.82) is 0 Å². The molecule has 1 aliphatic rings. The Hall–Kier alpha value is -2.39. The van der Waals surface area contributed by atoms with Gasteiger partial charge < -0.3 is 15.1 Å². The summed E-state index contributed by atoms with van der Waals surface area (Å²) in [7, 11) is 0. The number of hydrogen-bond acceptors (Lipinski definition) is 4. The Bertz CT molecular complexity index is 622. The van der Waals surface area contributed by atoms with E-state index in [2.05, 4.69) is 10.3 Å². The van der Waals surface area contributed by atoms with E-state index in [1.165, 1.54) is 11.8 Å². The average Bonchev–Trinajstić information content (AvgIpc) is 2.56. The molecule has 1 saturated heterocycles. The molecule has 2 heterocycles. The molecule has 0 saturated carbocycles. The molecule has 2 rings (SSSR count). The van der Waals surface area contributed by atoms with Gasteiger partial charge in [0.1, 0.15) is 5.69 Å². The molecule has 1 aromatic rings. The predicted octanol–water partition coefficient (Wildman–Crippen LogP) is 1.13. The Morgan fingerprint density at radius 2 is 1.50 bits per heavy atom. The quantitative estimate of drug-likeness (QED) is 0.654. The summed E-state index contributed by atoms with van der Waals surface area (Å²) >= 11 is 0. The first-order valence-corrected chi connectivity index (χ1v) is 7.28. The highest BCUT2D eigenvalue weighted by molar-refractivity contribution is 5.78. The smallest absolute Gasteiger partial charge is 0.253 e. The lowest BCUT2D eigenvalue weighted by molar-refractivity contribution is -0.138. The molecule has 1 fully saturated rings. The monoisotopic (exact) mass is 348 g/mol. The molecule has 24 heavy (non-hydrogen) atoms. The van der Waals surface area contributed by atoms with Crippen molar-refractivity contribution in [3.8, 4) is 0 Å². The molecule has 0 unspecified atom stereocenters. The van der Waals surface area contributed by atoms with Crippen LogP contribution < -0.4 is 5.32 Å². The SMILES string of the molecule is CC(=O)N1CCN(C(=O)CCNc2c(F)c(F)nc(F)c2F)CC1. The number of anilines is 1. The van der Waals surface area contributed by atoms with E-state index in [0.29, 0.717) is 26.2 Å². The minimum atomic E-state index is -1.76. The minimum absolute atomic E-state index is 0.0727. The van der Waals surface area contributed by atoms with E-state index >= 15 is 0 Å². The fourth-order valence-corrected chi connectivity index (χ4v) is 2.37. The molecule has 6 nitrogen and oxygen atoms in total. The summed E-state index contributed by atoms with van der Waals surface area (Å²) in [6.07, 6.45) is -0.121. The van der Waals surface area contributed by atoms with E-state index in [4.69, 9.17) is 0 Å². The second-order valence-electron chi connectivity index (χ2n) is 5.26. The molecule has 1 aromatic heterocycles. The molecule has 10 heteroatoms. The van der Waals surface area contributed by atoms with Gasteiger partial charge in [0, 0.05) is 46.1 Å². The summed E-state index contributed by atoms with van der Waals surface area (Å²) in [5.41, 5.74) is -0.991. The summed E-state index contributed by atoms with van der Waals surface area (Å²) in [5.74, 6) is -7.17. The molecule has 2 amide bonds. The van der Waals surface area contributed by atoms with Crippen LogP contribution >= 0.6 is 0 Å². The van der Waals surface area contributed by atoms with Gasteiger partial charge in [-0.05, 0) is 0 Å². The molecule has 0 aromatic carbocycles. The van der Waals surface area contributed by atoms with Crippen LogP contribution in [0.2, 0.25) is 0 Å². The molecular formula is C14H16F4N4O2. The van der Waals surface area contributed by atoms with Gasteiger partial charge in [-0.1, -0.05) is 0 Å². The van der Waals surface area contributed by atoms with E-state index in [9.17, 15) is 27.2 Å². The Labute approximate surface area is 135 Å². The summed E-state index contributed by atoms with van der Waals surface area (Å²) in [4.78, 5) is 28.8. The van der Waals surface area contributed by atoms with E-state index in [-0.39, 0.29) is 24.8 Å². The molecule has 1 N–H and O–H groups in total. The van der Waals surface area contributed by atoms with Crippen LogP contribution in [-0.4, -0.2) is 59.3 Å². The van der Waals surface area contributed by atoms with Crippen LogP contribution in [0.5, 0.6) is 0 Å². The lowest BCUT2D eigenvalue weighted by Crippen LogP contribution is -2.50. The number of nitrogens with one attached hydrogen (secondary N) is 1. The van der Waals surface area contributed by atoms with E-state index < -0.39 is 29.2 Å². The van der Waals surface area contributed by atoms with Gasteiger partial charge in [0.2, 0.25) is 23.4 Å². The number of carbonyl (C=O) groups excluding carboxylic acids is 2. The third-order valence-corrected chi connectivity index (χ3v) is 3.72. The molecule has 0 atom stereocenters. The van der Waals surface area contributed by atoms with Crippen LogP contribution in [0, 0.1) is 23.5 Å². The first-order chi connectivity index (χ1) is 11.3. The second-order valence-corrected chi connectivity index (χ2v) is 5.26. The number of nitrogens with zero attached hydrogens (tertiary/aromatic N) is 3. The zero-order valence-corrected chi connectivity index (χ0v) is 12.9. The fraction of sp³-hybridized carbons (Fsp3) is 0.500. The van der Waals surface area contributed by atoms with Crippen molar-refractivity contribution in [1.82, 2.24) is 14.8 Å². The summed E-state index contributed by atoms with van der Waals surface area (Å²) in [6.45, 7) is 2.79. The minimum Gasteiger partial charge on any atom is -0.379 e. The Morgan fingerprint density at radius 3 is 2.00 bits per heavy atom. The Morgan fingerprint density at radius 1 is 1.00 bits per heavy atom. The summed E-state index contributed by atoms with van der Waals surface area (Å²) in [5, 5.41) is 2.18. The standard InChI is InChI=1S/C14H16F4N4O2/c1-8(23)21-4-6-22(7-5-21)9(24)2-3-19-12-10(15)13(17)20-14(18)11(12)16/h2-7H2,1H3,(H,19,20). The van der Waals surface area contributed by atoms with Crippen molar-refractivity contribution >= 4 is 17.5 Å². The third kappa shape index (κ3) is 3.92. The van der Waals surface area contributed by atoms with E-state index in [0.717, 1.165) is 0 Å². The summed E-state index contributed by atoms with van der Waals surface area (Å²) in [6, 6.07) is 0. The second kappa shape index (κ2) is 7.45. The van der Waals surface area contributed by atoms with Gasteiger partial charge in [-0.15, -0.1) is 0 Å². The van der Waals surface area contributed by atoms with E-state index in [1.54, 1.807) is 4.90 Å². The van der Waals surface area contributed by atoms with Gasteiger partial charge in [0.25, 0.3) is 11.9 Å². The van der Waals surface area contributed by atoms with Crippen LogP contribution in [-0.2, 0) is 9.59 Å². The molecule has 1 aliphatic heterocycles. The number of piperazine rings is 1. The number of amides is 2. The highest BCUT2D eigenvalue weighted by atomic mass is 19.2. The van der Waals surface area contributed by atoms with Gasteiger partial charge in [-0.3, -0.25) is 9.59 Å². The zero-order valence-electron chi connectivity index (χ0n) is 12.9. The van der Waals surface area contributed by atoms with Gasteiger partial charge in [0.05, 0.1) is 0 Å². The van der Waals surface area contributed by atoms with Crippen molar-refractivity contribution in [2.24, 2.45) is 0 Å². The zero-order chi connectivity index (χ0) is 17.9. The number of halogens is 4. The lowest BCUT2D eigenvalue weighted by Gasteiger charge is -2.34. The van der Waals surface area contributed by atoms with Crippen LogP contribution in [0.4, 0.5) is 23.2 Å². The largest absolute Gasteiger partial charge is 0.379 e. The predicted molar refractivity (Wildman–Crippen MR) is 76.0 cm³/mol. The topological polar surface area (TPSA) is 65.5 Å². The van der Waals surface area contributed by atoms with Crippen LogP contribution in [0.15, 0.2) is 0 Å². The average molecular weight is 348 g/mol. The Kier molecular flexibility index (Phi) is 5.58. The summed E-state index contributed by atoms with van der Waals surface area (Å²) < 4.78 is 52.7. The maximum Gasteiger partial charge on any atom is 0.253 e. The van der Waals surface area contributed by atoms with Crippen LogP contribution in [0.3, 0.4) is 0 Å². The number of hydrogen-bond donors (Lipinski definition) is 1.